The van der Waals surface area contributed by atoms with Crippen LogP contribution in [0.25, 0.3) is 0 Å². The highest BCUT2D eigenvalue weighted by Crippen LogP contribution is 2.19. The summed E-state index contributed by atoms with van der Waals surface area (Å²) in [4.78, 5) is 19.1. The predicted octanol–water partition coefficient (Wildman–Crippen LogP) is 0.508. The number of hydrogen-bond donors (Lipinski definition) is 0. The fraction of sp³-hybridized carbons (Fsp3) is 0.556. The quantitative estimate of drug-likeness (QED) is 0.716. The Morgan fingerprint density at radius 2 is 1.75 bits per heavy atom. The minimum Gasteiger partial charge on any atom is -0.379 e. The molecule has 1 aromatic heterocycles. The van der Waals surface area contributed by atoms with Crippen molar-refractivity contribution in [3.05, 3.63) is 35.1 Å². The van der Waals surface area contributed by atoms with Crippen LogP contribution >= 0.6 is 11.6 Å². The molecule has 3 heterocycles. The van der Waals surface area contributed by atoms with Crippen LogP contribution in [0.1, 0.15) is 5.82 Å². The van der Waals surface area contributed by atoms with E-state index in [1.807, 2.05) is 29.2 Å². The summed E-state index contributed by atoms with van der Waals surface area (Å²) >= 11 is 5.96. The van der Waals surface area contributed by atoms with E-state index in [0.717, 1.165) is 55.9 Å². The topological polar surface area (TPSA) is 79.6 Å². The van der Waals surface area contributed by atoms with Crippen LogP contribution in [0.3, 0.4) is 0 Å². The van der Waals surface area contributed by atoms with E-state index in [1.165, 1.54) is 0 Å². The molecule has 2 aromatic rings. The monoisotopic (exact) mass is 405 g/mol. The third kappa shape index (κ3) is 4.60. The van der Waals surface area contributed by atoms with Crippen molar-refractivity contribution in [2.24, 2.45) is 0 Å². The number of morpholine rings is 1. The molecule has 2 saturated heterocycles. The zero-order valence-corrected chi connectivity index (χ0v) is 16.5. The van der Waals surface area contributed by atoms with Gasteiger partial charge in [-0.15, -0.1) is 5.10 Å². The van der Waals surface area contributed by atoms with Gasteiger partial charge in [-0.1, -0.05) is 11.6 Å². The Labute approximate surface area is 168 Å². The number of piperazine rings is 1. The van der Waals surface area contributed by atoms with Crippen molar-refractivity contribution in [1.82, 2.24) is 30.0 Å². The molecule has 10 heteroatoms. The lowest BCUT2D eigenvalue weighted by atomic mass is 10.2. The Balaban J connectivity index is 1.30. The van der Waals surface area contributed by atoms with E-state index >= 15 is 0 Å². The molecule has 0 aliphatic carbocycles. The molecule has 1 aromatic carbocycles. The van der Waals surface area contributed by atoms with E-state index in [1.54, 1.807) is 4.68 Å². The zero-order chi connectivity index (χ0) is 19.3. The fourth-order valence-corrected chi connectivity index (χ4v) is 3.64. The van der Waals surface area contributed by atoms with Gasteiger partial charge in [-0.2, -0.15) is 0 Å². The number of amides is 1. The molecule has 28 heavy (non-hydrogen) atoms. The van der Waals surface area contributed by atoms with Gasteiger partial charge in [0.1, 0.15) is 6.54 Å². The molecule has 0 saturated carbocycles. The first kappa shape index (κ1) is 19.1. The number of carbonyl (C=O) groups is 1. The number of hydrogen-bond acceptors (Lipinski definition) is 7. The van der Waals surface area contributed by atoms with Crippen LogP contribution in [0.15, 0.2) is 24.3 Å². The van der Waals surface area contributed by atoms with Gasteiger partial charge < -0.3 is 14.5 Å². The number of nitrogens with zero attached hydrogens (tertiary/aromatic N) is 7. The number of rotatable bonds is 5. The zero-order valence-electron chi connectivity index (χ0n) is 15.7. The predicted molar refractivity (Wildman–Crippen MR) is 104 cm³/mol. The molecule has 1 amide bonds. The maximum Gasteiger partial charge on any atom is 0.244 e. The van der Waals surface area contributed by atoms with Gasteiger partial charge in [0.25, 0.3) is 0 Å². The van der Waals surface area contributed by atoms with E-state index < -0.39 is 0 Å². The second kappa shape index (κ2) is 8.85. The van der Waals surface area contributed by atoms with Gasteiger partial charge >= 0.3 is 0 Å². The van der Waals surface area contributed by atoms with Crippen molar-refractivity contribution in [2.45, 2.75) is 13.1 Å². The normalized spacial score (nSPS) is 18.5. The van der Waals surface area contributed by atoms with Crippen molar-refractivity contribution in [3.8, 4) is 0 Å². The van der Waals surface area contributed by atoms with Gasteiger partial charge in [0.15, 0.2) is 5.82 Å². The third-order valence-electron chi connectivity index (χ3n) is 5.18. The second-order valence-electron chi connectivity index (χ2n) is 6.99. The minimum absolute atomic E-state index is 0.0475. The molecule has 0 bridgehead atoms. The number of ether oxygens (including phenoxy) is 1. The Hall–Kier alpha value is -2.23. The highest BCUT2D eigenvalue weighted by Gasteiger charge is 2.23. The van der Waals surface area contributed by atoms with Crippen LogP contribution < -0.4 is 4.90 Å². The van der Waals surface area contributed by atoms with Gasteiger partial charge in [-0.3, -0.25) is 9.69 Å². The fourth-order valence-electron chi connectivity index (χ4n) is 3.51. The average Bonchev–Trinajstić information content (AvgIpc) is 3.16. The van der Waals surface area contributed by atoms with E-state index in [-0.39, 0.29) is 12.5 Å². The summed E-state index contributed by atoms with van der Waals surface area (Å²) in [7, 11) is 0. The van der Waals surface area contributed by atoms with Gasteiger partial charge in [0.2, 0.25) is 5.91 Å². The van der Waals surface area contributed by atoms with Crippen LogP contribution in [0.5, 0.6) is 0 Å². The van der Waals surface area contributed by atoms with Crippen molar-refractivity contribution >= 4 is 23.2 Å². The van der Waals surface area contributed by atoms with Crippen molar-refractivity contribution in [3.63, 3.8) is 0 Å². The molecule has 0 unspecified atom stereocenters. The first-order chi connectivity index (χ1) is 13.7. The first-order valence-corrected chi connectivity index (χ1v) is 9.90. The number of anilines is 1. The minimum atomic E-state index is 0.0475. The molecule has 0 radical (unpaired) electrons. The van der Waals surface area contributed by atoms with Gasteiger partial charge in [-0.05, 0) is 34.7 Å². The van der Waals surface area contributed by atoms with Crippen molar-refractivity contribution in [2.75, 3.05) is 57.4 Å². The average molecular weight is 406 g/mol. The Bertz CT molecular complexity index is 783. The Morgan fingerprint density at radius 1 is 1.04 bits per heavy atom. The van der Waals surface area contributed by atoms with Crippen LogP contribution in [0.2, 0.25) is 5.02 Å². The van der Waals surface area contributed by atoms with Crippen molar-refractivity contribution < 1.29 is 9.53 Å². The SMILES string of the molecule is O=C(Cn1nnnc1CN1CCOCC1)N1CCN(c2ccc(Cl)cc2)CC1. The second-order valence-corrected chi connectivity index (χ2v) is 7.42. The summed E-state index contributed by atoms with van der Waals surface area (Å²) in [6, 6.07) is 7.81. The molecule has 0 spiro atoms. The molecular formula is C18H24ClN7O2. The lowest BCUT2D eigenvalue weighted by molar-refractivity contribution is -0.132. The number of halogens is 1. The number of tetrazole rings is 1. The molecule has 2 aliphatic heterocycles. The largest absolute Gasteiger partial charge is 0.379 e. The lowest BCUT2D eigenvalue weighted by Gasteiger charge is -2.36. The number of carbonyl (C=O) groups excluding carboxylic acids is 1. The Kier molecular flexibility index (Phi) is 6.04. The van der Waals surface area contributed by atoms with Crippen LogP contribution in [0, 0.1) is 0 Å². The number of benzene rings is 1. The van der Waals surface area contributed by atoms with E-state index in [4.69, 9.17) is 16.3 Å². The maximum absolute atomic E-state index is 12.7. The van der Waals surface area contributed by atoms with Crippen LogP contribution in [-0.4, -0.2) is 88.4 Å². The summed E-state index contributed by atoms with van der Waals surface area (Å²) in [6.07, 6.45) is 0. The highest BCUT2D eigenvalue weighted by molar-refractivity contribution is 6.30. The highest BCUT2D eigenvalue weighted by atomic mass is 35.5. The van der Waals surface area contributed by atoms with Crippen LogP contribution in [0.4, 0.5) is 5.69 Å². The van der Waals surface area contributed by atoms with Crippen molar-refractivity contribution in [1.29, 1.82) is 0 Å². The molecule has 4 rings (SSSR count). The molecular weight excluding hydrogens is 382 g/mol. The maximum atomic E-state index is 12.7. The first-order valence-electron chi connectivity index (χ1n) is 9.52. The third-order valence-corrected chi connectivity index (χ3v) is 5.44. The van der Waals surface area contributed by atoms with Gasteiger partial charge in [0.05, 0.1) is 19.8 Å². The molecule has 9 nitrogen and oxygen atoms in total. The van der Waals surface area contributed by atoms with E-state index in [0.29, 0.717) is 19.6 Å². The lowest BCUT2D eigenvalue weighted by Crippen LogP contribution is -2.49. The van der Waals surface area contributed by atoms with E-state index in [2.05, 4.69) is 25.3 Å². The summed E-state index contributed by atoms with van der Waals surface area (Å²) in [6.45, 7) is 6.91. The number of aromatic nitrogens is 4. The van der Waals surface area contributed by atoms with Crippen LogP contribution in [-0.2, 0) is 22.6 Å². The summed E-state index contributed by atoms with van der Waals surface area (Å²) < 4.78 is 6.98. The standard InChI is InChI=1S/C18H24ClN7O2/c19-15-1-3-16(4-2-15)24-5-7-25(8-6-24)18(27)14-26-17(20-21-22-26)13-23-9-11-28-12-10-23/h1-4H,5-14H2. The van der Waals surface area contributed by atoms with Gasteiger partial charge in [-0.25, -0.2) is 4.68 Å². The molecule has 2 aliphatic rings. The summed E-state index contributed by atoms with van der Waals surface area (Å²) in [5.41, 5.74) is 1.13. The molecule has 0 N–H and O–H groups in total. The van der Waals surface area contributed by atoms with E-state index in [9.17, 15) is 4.79 Å². The summed E-state index contributed by atoms with van der Waals surface area (Å²) in [5, 5.41) is 12.6. The smallest absolute Gasteiger partial charge is 0.244 e. The molecule has 2 fully saturated rings. The molecule has 150 valence electrons. The van der Waals surface area contributed by atoms with Gasteiger partial charge in [0, 0.05) is 50.0 Å². The Morgan fingerprint density at radius 3 is 2.46 bits per heavy atom. The summed E-state index contributed by atoms with van der Waals surface area (Å²) in [5.74, 6) is 0.765. The molecule has 0 atom stereocenters.